The lowest BCUT2D eigenvalue weighted by molar-refractivity contribution is -0.129. The van der Waals surface area contributed by atoms with Gasteiger partial charge in [-0.3, -0.25) is 4.79 Å². The summed E-state index contributed by atoms with van der Waals surface area (Å²) < 4.78 is 0. The second kappa shape index (κ2) is 6.95. The summed E-state index contributed by atoms with van der Waals surface area (Å²) in [5.41, 5.74) is 1.74. The molecule has 4 rings (SSSR count). The number of carbonyl (C=O) groups is 1. The molecule has 1 aliphatic rings. The van der Waals surface area contributed by atoms with Gasteiger partial charge in [0.15, 0.2) is 0 Å². The first-order chi connectivity index (χ1) is 12.7. The van der Waals surface area contributed by atoms with Crippen molar-refractivity contribution in [3.05, 3.63) is 48.8 Å². The Morgan fingerprint density at radius 3 is 2.54 bits per heavy atom. The fraction of sp³-hybridized carbons (Fsp3) is 0.263. The normalized spacial score (nSPS) is 14.5. The molecule has 7 heteroatoms. The molecule has 0 atom stereocenters. The SMILES string of the molecule is CC(=O)N1CCN(c2ccc(Nc3ncc4ccccc4n3)cn2)CC1. The molecule has 0 saturated carbocycles. The number of carbonyl (C=O) groups excluding carboxylic acids is 1. The van der Waals surface area contributed by atoms with Crippen LogP contribution in [0.2, 0.25) is 0 Å². The lowest BCUT2D eigenvalue weighted by Crippen LogP contribution is -2.48. The zero-order chi connectivity index (χ0) is 17.9. The van der Waals surface area contributed by atoms with Crippen LogP contribution in [0.4, 0.5) is 17.5 Å². The molecule has 1 amide bonds. The lowest BCUT2D eigenvalue weighted by Gasteiger charge is -2.34. The van der Waals surface area contributed by atoms with E-state index in [1.807, 2.05) is 41.3 Å². The van der Waals surface area contributed by atoms with Crippen molar-refractivity contribution in [2.24, 2.45) is 0 Å². The molecule has 0 spiro atoms. The van der Waals surface area contributed by atoms with E-state index in [4.69, 9.17) is 0 Å². The van der Waals surface area contributed by atoms with Crippen LogP contribution in [0.1, 0.15) is 6.92 Å². The fourth-order valence-electron chi connectivity index (χ4n) is 3.06. The molecule has 1 N–H and O–H groups in total. The van der Waals surface area contributed by atoms with Crippen LogP contribution in [-0.4, -0.2) is 51.9 Å². The summed E-state index contributed by atoms with van der Waals surface area (Å²) in [4.78, 5) is 28.9. The number of aromatic nitrogens is 3. The van der Waals surface area contributed by atoms with Crippen LogP contribution >= 0.6 is 0 Å². The van der Waals surface area contributed by atoms with Gasteiger partial charge >= 0.3 is 0 Å². The quantitative estimate of drug-likeness (QED) is 0.784. The van der Waals surface area contributed by atoms with Gasteiger partial charge in [0.25, 0.3) is 0 Å². The lowest BCUT2D eigenvalue weighted by atomic mass is 10.2. The van der Waals surface area contributed by atoms with Crippen LogP contribution in [0, 0.1) is 0 Å². The number of para-hydroxylation sites is 1. The number of pyridine rings is 1. The molecule has 26 heavy (non-hydrogen) atoms. The van der Waals surface area contributed by atoms with Gasteiger partial charge in [0.1, 0.15) is 5.82 Å². The number of hydrogen-bond acceptors (Lipinski definition) is 6. The highest BCUT2D eigenvalue weighted by atomic mass is 16.2. The standard InChI is InChI=1S/C19H20N6O/c1-14(26)24-8-10-25(11-9-24)18-7-6-16(13-20-18)22-19-21-12-15-4-2-3-5-17(15)23-19/h2-7,12-13H,8-11H2,1H3,(H,21,22,23). The monoisotopic (exact) mass is 348 g/mol. The number of piperazine rings is 1. The number of nitrogens with zero attached hydrogens (tertiary/aromatic N) is 5. The number of fused-ring (bicyclic) bond motifs is 1. The molecule has 1 aliphatic heterocycles. The highest BCUT2D eigenvalue weighted by molar-refractivity contribution is 5.78. The van der Waals surface area contributed by atoms with Crippen molar-refractivity contribution in [3.8, 4) is 0 Å². The zero-order valence-corrected chi connectivity index (χ0v) is 14.6. The van der Waals surface area contributed by atoms with Gasteiger partial charge in [0.2, 0.25) is 11.9 Å². The minimum absolute atomic E-state index is 0.132. The van der Waals surface area contributed by atoms with Gasteiger partial charge in [0, 0.05) is 44.7 Å². The van der Waals surface area contributed by atoms with Gasteiger partial charge < -0.3 is 15.1 Å². The van der Waals surface area contributed by atoms with E-state index >= 15 is 0 Å². The zero-order valence-electron chi connectivity index (χ0n) is 14.6. The van der Waals surface area contributed by atoms with Crippen LogP contribution in [0.5, 0.6) is 0 Å². The summed E-state index contributed by atoms with van der Waals surface area (Å²) in [6, 6.07) is 11.8. The predicted octanol–water partition coefficient (Wildman–Crippen LogP) is 2.44. The highest BCUT2D eigenvalue weighted by Crippen LogP contribution is 2.19. The maximum absolute atomic E-state index is 11.4. The van der Waals surface area contributed by atoms with Gasteiger partial charge in [-0.15, -0.1) is 0 Å². The molecule has 7 nitrogen and oxygen atoms in total. The maximum atomic E-state index is 11.4. The molecule has 0 unspecified atom stereocenters. The number of anilines is 3. The average molecular weight is 348 g/mol. The van der Waals surface area contributed by atoms with E-state index in [1.165, 1.54) is 0 Å². The summed E-state index contributed by atoms with van der Waals surface area (Å²) >= 11 is 0. The van der Waals surface area contributed by atoms with Crippen molar-refractivity contribution in [1.82, 2.24) is 19.9 Å². The fourth-order valence-corrected chi connectivity index (χ4v) is 3.06. The van der Waals surface area contributed by atoms with E-state index in [2.05, 4.69) is 25.2 Å². The van der Waals surface area contributed by atoms with Crippen molar-refractivity contribution < 1.29 is 4.79 Å². The molecular weight excluding hydrogens is 328 g/mol. The first kappa shape index (κ1) is 16.3. The first-order valence-electron chi connectivity index (χ1n) is 8.64. The maximum Gasteiger partial charge on any atom is 0.227 e. The minimum Gasteiger partial charge on any atom is -0.353 e. The molecule has 0 bridgehead atoms. The van der Waals surface area contributed by atoms with Crippen LogP contribution in [0.15, 0.2) is 48.8 Å². The third kappa shape index (κ3) is 3.42. The van der Waals surface area contributed by atoms with Crippen molar-refractivity contribution in [3.63, 3.8) is 0 Å². The Morgan fingerprint density at radius 1 is 1.00 bits per heavy atom. The van der Waals surface area contributed by atoms with Gasteiger partial charge in [-0.1, -0.05) is 18.2 Å². The summed E-state index contributed by atoms with van der Waals surface area (Å²) in [7, 11) is 0. The van der Waals surface area contributed by atoms with Crippen molar-refractivity contribution in [1.29, 1.82) is 0 Å². The van der Waals surface area contributed by atoms with E-state index < -0.39 is 0 Å². The Hall–Kier alpha value is -3.22. The van der Waals surface area contributed by atoms with E-state index in [0.717, 1.165) is 48.6 Å². The Kier molecular flexibility index (Phi) is 4.35. The average Bonchev–Trinajstić information content (AvgIpc) is 2.68. The summed E-state index contributed by atoms with van der Waals surface area (Å²) in [5, 5.41) is 4.20. The smallest absolute Gasteiger partial charge is 0.227 e. The van der Waals surface area contributed by atoms with Crippen molar-refractivity contribution in [2.75, 3.05) is 36.4 Å². The van der Waals surface area contributed by atoms with Crippen LogP contribution < -0.4 is 10.2 Å². The molecule has 1 fully saturated rings. The van der Waals surface area contributed by atoms with Crippen molar-refractivity contribution in [2.45, 2.75) is 6.92 Å². The highest BCUT2D eigenvalue weighted by Gasteiger charge is 2.19. The van der Waals surface area contributed by atoms with Gasteiger partial charge in [-0.25, -0.2) is 15.0 Å². The molecule has 3 aromatic rings. The first-order valence-corrected chi connectivity index (χ1v) is 8.64. The van der Waals surface area contributed by atoms with E-state index in [9.17, 15) is 4.79 Å². The van der Waals surface area contributed by atoms with Crippen molar-refractivity contribution >= 4 is 34.3 Å². The van der Waals surface area contributed by atoms with E-state index in [1.54, 1.807) is 19.3 Å². The van der Waals surface area contributed by atoms with Gasteiger partial charge in [-0.2, -0.15) is 0 Å². The molecule has 3 heterocycles. The van der Waals surface area contributed by atoms with Crippen LogP contribution in [0.3, 0.4) is 0 Å². The Morgan fingerprint density at radius 2 is 1.81 bits per heavy atom. The minimum atomic E-state index is 0.132. The second-order valence-corrected chi connectivity index (χ2v) is 6.28. The third-order valence-corrected chi connectivity index (χ3v) is 4.54. The van der Waals surface area contributed by atoms with Crippen LogP contribution in [0.25, 0.3) is 10.9 Å². The molecule has 0 aliphatic carbocycles. The molecule has 132 valence electrons. The summed E-state index contributed by atoms with van der Waals surface area (Å²) in [6.07, 6.45) is 3.59. The second-order valence-electron chi connectivity index (χ2n) is 6.28. The summed E-state index contributed by atoms with van der Waals surface area (Å²) in [5.74, 6) is 1.60. The number of hydrogen-bond donors (Lipinski definition) is 1. The third-order valence-electron chi connectivity index (χ3n) is 4.54. The number of benzene rings is 1. The Bertz CT molecular complexity index is 919. The van der Waals surface area contributed by atoms with E-state index in [-0.39, 0.29) is 5.91 Å². The molecule has 0 radical (unpaired) electrons. The summed E-state index contributed by atoms with van der Waals surface area (Å²) in [6.45, 7) is 4.69. The van der Waals surface area contributed by atoms with Gasteiger partial charge in [0.05, 0.1) is 17.4 Å². The Balaban J connectivity index is 1.43. The molecule has 1 saturated heterocycles. The Labute approximate surface area is 151 Å². The van der Waals surface area contributed by atoms with Gasteiger partial charge in [-0.05, 0) is 18.2 Å². The molecule has 1 aromatic carbocycles. The molecular formula is C19H20N6O. The predicted molar refractivity (Wildman–Crippen MR) is 102 cm³/mol. The molecule has 2 aromatic heterocycles. The number of nitrogens with one attached hydrogen (secondary N) is 1. The topological polar surface area (TPSA) is 74.2 Å². The largest absolute Gasteiger partial charge is 0.353 e. The number of amides is 1. The van der Waals surface area contributed by atoms with E-state index in [0.29, 0.717) is 5.95 Å². The number of rotatable bonds is 3. The van der Waals surface area contributed by atoms with Crippen LogP contribution in [-0.2, 0) is 4.79 Å².